The van der Waals surface area contributed by atoms with Gasteiger partial charge in [0.05, 0.1) is 0 Å². The van der Waals surface area contributed by atoms with Gasteiger partial charge in [-0.05, 0) is 31.2 Å². The van der Waals surface area contributed by atoms with Crippen molar-refractivity contribution in [2.75, 3.05) is 7.05 Å². The number of hydrogen-bond acceptors (Lipinski definition) is 3. The Morgan fingerprint density at radius 3 is 2.20 bits per heavy atom. The normalized spacial score (nSPS) is 25.5. The fourth-order valence-electron chi connectivity index (χ4n) is 3.80. The standard InChI is InChI=1S/C19H31N3O2S/c1-22(15-16-9-5-4-6-10-16)25(23,24)21-19-14-13-18(19)20-17-11-7-2-3-8-12-17/h4-6,9-10,17-21H,2-3,7-8,11-15H2,1H3. The first kappa shape index (κ1) is 18.8. The molecular weight excluding hydrogens is 334 g/mol. The molecule has 0 spiro atoms. The Labute approximate surface area is 152 Å². The van der Waals surface area contributed by atoms with Gasteiger partial charge in [0.2, 0.25) is 0 Å². The van der Waals surface area contributed by atoms with E-state index in [0.29, 0.717) is 12.6 Å². The second-order valence-electron chi connectivity index (χ2n) is 7.51. The second-order valence-corrected chi connectivity index (χ2v) is 9.32. The van der Waals surface area contributed by atoms with Crippen LogP contribution in [0.3, 0.4) is 0 Å². The van der Waals surface area contributed by atoms with Gasteiger partial charge in [0, 0.05) is 31.7 Å². The average Bonchev–Trinajstić information content (AvgIpc) is 2.86. The highest BCUT2D eigenvalue weighted by Crippen LogP contribution is 2.25. The lowest BCUT2D eigenvalue weighted by Gasteiger charge is -2.40. The fourth-order valence-corrected chi connectivity index (χ4v) is 4.96. The zero-order valence-electron chi connectivity index (χ0n) is 15.2. The Hall–Kier alpha value is -0.950. The topological polar surface area (TPSA) is 61.4 Å². The third-order valence-electron chi connectivity index (χ3n) is 5.54. The van der Waals surface area contributed by atoms with Crippen LogP contribution < -0.4 is 10.0 Å². The van der Waals surface area contributed by atoms with E-state index in [9.17, 15) is 8.42 Å². The molecule has 6 heteroatoms. The summed E-state index contributed by atoms with van der Waals surface area (Å²) in [5.74, 6) is 0. The van der Waals surface area contributed by atoms with Gasteiger partial charge in [-0.15, -0.1) is 0 Å². The van der Waals surface area contributed by atoms with Gasteiger partial charge in [-0.1, -0.05) is 56.0 Å². The van der Waals surface area contributed by atoms with E-state index >= 15 is 0 Å². The van der Waals surface area contributed by atoms with Crippen LogP contribution in [0, 0.1) is 0 Å². The molecule has 1 aromatic rings. The van der Waals surface area contributed by atoms with Gasteiger partial charge >= 0.3 is 0 Å². The van der Waals surface area contributed by atoms with Gasteiger partial charge in [-0.3, -0.25) is 0 Å². The first-order chi connectivity index (χ1) is 12.0. The van der Waals surface area contributed by atoms with Gasteiger partial charge in [-0.25, -0.2) is 0 Å². The Kier molecular flexibility index (Phi) is 6.49. The van der Waals surface area contributed by atoms with E-state index in [0.717, 1.165) is 18.4 Å². The van der Waals surface area contributed by atoms with Crippen molar-refractivity contribution in [3.63, 3.8) is 0 Å². The van der Waals surface area contributed by atoms with Gasteiger partial charge in [0.15, 0.2) is 0 Å². The van der Waals surface area contributed by atoms with Crippen molar-refractivity contribution in [1.29, 1.82) is 0 Å². The summed E-state index contributed by atoms with van der Waals surface area (Å²) in [7, 11) is -1.82. The average molecular weight is 366 g/mol. The molecule has 25 heavy (non-hydrogen) atoms. The lowest BCUT2D eigenvalue weighted by Crippen LogP contribution is -2.60. The highest BCUT2D eigenvalue weighted by molar-refractivity contribution is 7.87. The Balaban J connectivity index is 1.51. The minimum absolute atomic E-state index is 0.0199. The monoisotopic (exact) mass is 365 g/mol. The molecule has 1 aromatic carbocycles. The van der Waals surface area contributed by atoms with Crippen molar-refractivity contribution in [3.8, 4) is 0 Å². The highest BCUT2D eigenvalue weighted by Gasteiger charge is 2.36. The van der Waals surface area contributed by atoms with E-state index in [1.807, 2.05) is 30.3 Å². The summed E-state index contributed by atoms with van der Waals surface area (Å²) in [5, 5.41) is 3.71. The zero-order valence-corrected chi connectivity index (χ0v) is 16.0. The molecule has 2 aliphatic carbocycles. The molecule has 0 amide bonds. The molecule has 2 saturated carbocycles. The number of benzene rings is 1. The molecule has 0 aromatic heterocycles. The van der Waals surface area contributed by atoms with Crippen molar-refractivity contribution in [3.05, 3.63) is 35.9 Å². The molecule has 0 heterocycles. The molecule has 2 fully saturated rings. The largest absolute Gasteiger partial charge is 0.310 e. The van der Waals surface area contributed by atoms with Crippen molar-refractivity contribution in [1.82, 2.24) is 14.3 Å². The lowest BCUT2D eigenvalue weighted by atomic mass is 9.86. The summed E-state index contributed by atoms with van der Waals surface area (Å²) in [6.45, 7) is 0.392. The van der Waals surface area contributed by atoms with E-state index in [2.05, 4.69) is 10.0 Å². The molecular formula is C19H31N3O2S. The first-order valence-electron chi connectivity index (χ1n) is 9.58. The summed E-state index contributed by atoms with van der Waals surface area (Å²) < 4.78 is 29.5. The predicted octanol–water partition coefficient (Wildman–Crippen LogP) is 2.80. The predicted molar refractivity (Wildman–Crippen MR) is 101 cm³/mol. The SMILES string of the molecule is CN(Cc1ccccc1)S(=O)(=O)NC1CCC1NC1CCCCCC1. The molecule has 2 unspecified atom stereocenters. The van der Waals surface area contributed by atoms with Gasteiger partial charge < -0.3 is 5.32 Å². The fraction of sp³-hybridized carbons (Fsp3) is 0.684. The Bertz CT molecular complexity index is 627. The highest BCUT2D eigenvalue weighted by atomic mass is 32.2. The van der Waals surface area contributed by atoms with E-state index in [4.69, 9.17) is 0 Å². The van der Waals surface area contributed by atoms with Crippen molar-refractivity contribution in [2.24, 2.45) is 0 Å². The Morgan fingerprint density at radius 1 is 0.960 bits per heavy atom. The molecule has 0 aliphatic heterocycles. The third-order valence-corrected chi connectivity index (χ3v) is 7.09. The third kappa shape index (κ3) is 5.26. The maximum Gasteiger partial charge on any atom is 0.279 e. The minimum atomic E-state index is -3.46. The van der Waals surface area contributed by atoms with Crippen LogP contribution in [0.2, 0.25) is 0 Å². The van der Waals surface area contributed by atoms with Crippen LogP contribution in [0.15, 0.2) is 30.3 Å². The van der Waals surface area contributed by atoms with E-state index in [1.54, 1.807) is 7.05 Å². The van der Waals surface area contributed by atoms with Crippen LogP contribution in [-0.2, 0) is 16.8 Å². The first-order valence-corrected chi connectivity index (χ1v) is 11.0. The van der Waals surface area contributed by atoms with Gasteiger partial charge in [-0.2, -0.15) is 17.4 Å². The molecule has 0 bridgehead atoms. The lowest BCUT2D eigenvalue weighted by molar-refractivity contribution is 0.231. The Morgan fingerprint density at radius 2 is 1.60 bits per heavy atom. The van der Waals surface area contributed by atoms with Crippen LogP contribution in [0.4, 0.5) is 0 Å². The van der Waals surface area contributed by atoms with Gasteiger partial charge in [0.25, 0.3) is 10.2 Å². The molecule has 5 nitrogen and oxygen atoms in total. The molecule has 2 atom stereocenters. The molecule has 0 saturated heterocycles. The van der Waals surface area contributed by atoms with Gasteiger partial charge in [0.1, 0.15) is 0 Å². The summed E-state index contributed by atoms with van der Waals surface area (Å²) in [5.41, 5.74) is 0.997. The van der Waals surface area contributed by atoms with Crippen molar-refractivity contribution in [2.45, 2.75) is 76.0 Å². The minimum Gasteiger partial charge on any atom is -0.310 e. The maximum absolute atomic E-state index is 12.6. The van der Waals surface area contributed by atoms with E-state index in [-0.39, 0.29) is 12.1 Å². The summed E-state index contributed by atoms with van der Waals surface area (Å²) in [6.07, 6.45) is 9.69. The second kappa shape index (κ2) is 8.62. The number of hydrogen-bond donors (Lipinski definition) is 2. The van der Waals surface area contributed by atoms with Crippen LogP contribution in [-0.4, -0.2) is 37.9 Å². The van der Waals surface area contributed by atoms with Crippen LogP contribution >= 0.6 is 0 Å². The molecule has 3 rings (SSSR count). The molecule has 140 valence electrons. The zero-order chi connectivity index (χ0) is 17.7. The van der Waals surface area contributed by atoms with E-state index < -0.39 is 10.2 Å². The number of rotatable bonds is 7. The van der Waals surface area contributed by atoms with Crippen molar-refractivity contribution < 1.29 is 8.42 Å². The van der Waals surface area contributed by atoms with Crippen molar-refractivity contribution >= 4 is 10.2 Å². The molecule has 0 radical (unpaired) electrons. The summed E-state index contributed by atoms with van der Waals surface area (Å²) in [6, 6.07) is 10.6. The van der Waals surface area contributed by atoms with E-state index in [1.165, 1.54) is 42.8 Å². The van der Waals surface area contributed by atoms with Crippen LogP contribution in [0.5, 0.6) is 0 Å². The number of nitrogens with zero attached hydrogens (tertiary/aromatic N) is 1. The quantitative estimate of drug-likeness (QED) is 0.731. The number of nitrogens with one attached hydrogen (secondary N) is 2. The maximum atomic E-state index is 12.6. The summed E-state index contributed by atoms with van der Waals surface area (Å²) in [4.78, 5) is 0. The van der Waals surface area contributed by atoms with Crippen LogP contribution in [0.25, 0.3) is 0 Å². The smallest absolute Gasteiger partial charge is 0.279 e. The molecule has 2 aliphatic rings. The molecule has 2 N–H and O–H groups in total. The summed E-state index contributed by atoms with van der Waals surface area (Å²) >= 11 is 0. The van der Waals surface area contributed by atoms with Crippen LogP contribution in [0.1, 0.15) is 56.9 Å².